The molecule has 0 saturated carbocycles. The van der Waals surface area contributed by atoms with E-state index in [1.165, 1.54) is 17.3 Å². The van der Waals surface area contributed by atoms with Crippen molar-refractivity contribution in [1.82, 2.24) is 10.2 Å². The van der Waals surface area contributed by atoms with Crippen molar-refractivity contribution in [2.24, 2.45) is 9.98 Å². The molecule has 6 nitrogen and oxygen atoms in total. The molecular weight excluding hydrogens is 444 g/mol. The van der Waals surface area contributed by atoms with Gasteiger partial charge >= 0.3 is 0 Å². The molecule has 34 heavy (non-hydrogen) atoms. The van der Waals surface area contributed by atoms with Gasteiger partial charge in [-0.3, -0.25) is 9.59 Å². The number of amidine groups is 2. The second-order valence-electron chi connectivity index (χ2n) is 8.31. The van der Waals surface area contributed by atoms with E-state index in [4.69, 9.17) is 9.98 Å². The minimum Gasteiger partial charge on any atom is -0.351 e. The molecule has 2 aliphatic heterocycles. The fraction of sp³-hybridized carbons (Fsp3) is 0.185. The molecule has 0 unspecified atom stereocenters. The van der Waals surface area contributed by atoms with Crippen LogP contribution in [0.1, 0.15) is 35.2 Å². The van der Waals surface area contributed by atoms with Crippen molar-refractivity contribution < 1.29 is 9.59 Å². The van der Waals surface area contributed by atoms with Gasteiger partial charge in [0.25, 0.3) is 5.91 Å². The van der Waals surface area contributed by atoms with Crippen molar-refractivity contribution in [2.45, 2.75) is 31.7 Å². The highest BCUT2D eigenvalue weighted by atomic mass is 32.2. The number of carbonyl (C=O) groups excluding carboxylic acids is 2. The Morgan fingerprint density at radius 1 is 1.03 bits per heavy atom. The molecule has 0 spiro atoms. The average molecular weight is 469 g/mol. The second-order valence-corrected chi connectivity index (χ2v) is 9.62. The Morgan fingerprint density at radius 2 is 1.74 bits per heavy atom. The number of rotatable bonds is 5. The van der Waals surface area contributed by atoms with Gasteiger partial charge in [0.15, 0.2) is 11.2 Å². The number of aryl methyl sites for hydroxylation is 1. The lowest BCUT2D eigenvalue weighted by Gasteiger charge is -2.26. The summed E-state index contributed by atoms with van der Waals surface area (Å²) in [4.78, 5) is 37.4. The van der Waals surface area contributed by atoms with E-state index in [0.29, 0.717) is 17.5 Å². The lowest BCUT2D eigenvalue weighted by Crippen LogP contribution is -2.41. The van der Waals surface area contributed by atoms with Crippen LogP contribution in [-0.4, -0.2) is 33.0 Å². The maximum absolute atomic E-state index is 13.5. The topological polar surface area (TPSA) is 74.1 Å². The smallest absolute Gasteiger partial charge is 0.263 e. The SMILES string of the molecule is Cc1ccc(CNC(=O)[C@H](C)SC2=Nc3ccccc3C3=N[C@@H](c4ccccc4)C(=O)N23)cc1. The third kappa shape index (κ3) is 4.26. The van der Waals surface area contributed by atoms with Gasteiger partial charge in [-0.15, -0.1) is 0 Å². The van der Waals surface area contributed by atoms with Crippen LogP contribution in [0.2, 0.25) is 0 Å². The first-order chi connectivity index (χ1) is 16.5. The lowest BCUT2D eigenvalue weighted by molar-refractivity contribution is -0.124. The molecular formula is C27H24N4O2S. The number of fused-ring (bicyclic) bond motifs is 3. The minimum absolute atomic E-state index is 0.114. The monoisotopic (exact) mass is 468 g/mol. The Morgan fingerprint density at radius 3 is 2.50 bits per heavy atom. The summed E-state index contributed by atoms with van der Waals surface area (Å²) in [5.74, 6) is 0.310. The van der Waals surface area contributed by atoms with Gasteiger partial charge in [0.2, 0.25) is 5.91 Å². The highest BCUT2D eigenvalue weighted by Gasteiger charge is 2.42. The molecule has 7 heteroatoms. The summed E-state index contributed by atoms with van der Waals surface area (Å²) >= 11 is 1.27. The molecule has 0 aliphatic carbocycles. The molecule has 0 aromatic heterocycles. The van der Waals surface area contributed by atoms with Gasteiger partial charge in [-0.05, 0) is 37.1 Å². The van der Waals surface area contributed by atoms with Crippen LogP contribution >= 0.6 is 11.8 Å². The summed E-state index contributed by atoms with van der Waals surface area (Å²) in [7, 11) is 0. The molecule has 3 aromatic rings. The van der Waals surface area contributed by atoms with Crippen LogP contribution in [0.4, 0.5) is 5.69 Å². The number of benzene rings is 3. The second kappa shape index (κ2) is 9.27. The third-order valence-electron chi connectivity index (χ3n) is 5.82. The summed E-state index contributed by atoms with van der Waals surface area (Å²) in [6.45, 7) is 4.30. The summed E-state index contributed by atoms with van der Waals surface area (Å²) in [5.41, 5.74) is 4.61. The molecule has 0 bridgehead atoms. The number of amides is 2. The van der Waals surface area contributed by atoms with E-state index >= 15 is 0 Å². The zero-order valence-electron chi connectivity index (χ0n) is 18.9. The van der Waals surface area contributed by atoms with Crippen LogP contribution in [0.15, 0.2) is 88.8 Å². The normalized spacial score (nSPS) is 17.4. The van der Waals surface area contributed by atoms with E-state index in [0.717, 1.165) is 22.4 Å². The van der Waals surface area contributed by atoms with Crippen LogP contribution in [0.3, 0.4) is 0 Å². The van der Waals surface area contributed by atoms with Gasteiger partial charge in [-0.1, -0.05) is 84.1 Å². The molecule has 0 saturated heterocycles. The Kier molecular flexibility index (Phi) is 6.02. The number of nitrogens with zero attached hydrogens (tertiary/aromatic N) is 3. The summed E-state index contributed by atoms with van der Waals surface area (Å²) in [6, 6.07) is 24.6. The summed E-state index contributed by atoms with van der Waals surface area (Å²) in [6.07, 6.45) is 0. The first-order valence-electron chi connectivity index (χ1n) is 11.2. The maximum Gasteiger partial charge on any atom is 0.263 e. The summed E-state index contributed by atoms with van der Waals surface area (Å²) < 4.78 is 0. The van der Waals surface area contributed by atoms with Gasteiger partial charge in [0, 0.05) is 12.1 Å². The number of para-hydroxylation sites is 1. The van der Waals surface area contributed by atoms with E-state index < -0.39 is 11.3 Å². The fourth-order valence-corrected chi connectivity index (χ4v) is 4.87. The van der Waals surface area contributed by atoms with Crippen molar-refractivity contribution in [2.75, 3.05) is 0 Å². The Balaban J connectivity index is 1.37. The lowest BCUT2D eigenvalue weighted by atomic mass is 10.1. The van der Waals surface area contributed by atoms with Crippen LogP contribution in [0.25, 0.3) is 0 Å². The van der Waals surface area contributed by atoms with Crippen LogP contribution < -0.4 is 5.32 Å². The fourth-order valence-electron chi connectivity index (χ4n) is 3.93. The molecule has 3 aromatic carbocycles. The quantitative estimate of drug-likeness (QED) is 0.587. The number of carbonyl (C=O) groups is 2. The predicted octanol–water partition coefficient (Wildman–Crippen LogP) is 4.76. The maximum atomic E-state index is 13.5. The Labute approximate surface area is 202 Å². The Hall–Kier alpha value is -3.71. The molecule has 170 valence electrons. The van der Waals surface area contributed by atoms with Gasteiger partial charge < -0.3 is 5.32 Å². The summed E-state index contributed by atoms with van der Waals surface area (Å²) in [5, 5.41) is 3.01. The van der Waals surface area contributed by atoms with Gasteiger partial charge in [-0.25, -0.2) is 14.9 Å². The highest BCUT2D eigenvalue weighted by Crippen LogP contribution is 2.38. The number of hydrogen-bond donors (Lipinski definition) is 1. The zero-order valence-corrected chi connectivity index (χ0v) is 19.8. The van der Waals surface area contributed by atoms with Gasteiger partial charge in [0.1, 0.15) is 5.84 Å². The van der Waals surface area contributed by atoms with Gasteiger partial charge in [0.05, 0.1) is 10.9 Å². The molecule has 0 radical (unpaired) electrons. The predicted molar refractivity (Wildman–Crippen MR) is 136 cm³/mol. The largest absolute Gasteiger partial charge is 0.351 e. The van der Waals surface area contributed by atoms with Crippen LogP contribution in [-0.2, 0) is 16.1 Å². The molecule has 2 aliphatic rings. The molecule has 0 fully saturated rings. The van der Waals surface area contributed by atoms with Crippen molar-refractivity contribution >= 4 is 40.3 Å². The average Bonchev–Trinajstić information content (AvgIpc) is 3.22. The number of thioether (sulfide) groups is 1. The van der Waals surface area contributed by atoms with Crippen molar-refractivity contribution in [3.05, 3.63) is 101 Å². The van der Waals surface area contributed by atoms with E-state index in [2.05, 4.69) is 5.32 Å². The van der Waals surface area contributed by atoms with Gasteiger partial charge in [-0.2, -0.15) is 0 Å². The molecule has 2 amide bonds. The first-order valence-corrected chi connectivity index (χ1v) is 12.0. The molecule has 2 atom stereocenters. The van der Waals surface area contributed by atoms with E-state index in [9.17, 15) is 9.59 Å². The van der Waals surface area contributed by atoms with E-state index in [1.54, 1.807) is 4.90 Å². The Bertz CT molecular complexity index is 1300. The molecule has 5 rings (SSSR count). The van der Waals surface area contributed by atoms with Crippen molar-refractivity contribution in [1.29, 1.82) is 0 Å². The first kappa shape index (κ1) is 22.1. The third-order valence-corrected chi connectivity index (χ3v) is 6.88. The minimum atomic E-state index is -0.626. The number of aliphatic imine (C=N–C) groups is 2. The van der Waals surface area contributed by atoms with E-state index in [-0.39, 0.29) is 11.8 Å². The van der Waals surface area contributed by atoms with E-state index in [1.807, 2.05) is 92.7 Å². The van der Waals surface area contributed by atoms with Crippen molar-refractivity contribution in [3.63, 3.8) is 0 Å². The number of nitrogens with one attached hydrogen (secondary N) is 1. The standard InChI is InChI=1S/C27H24N4O2S/c1-17-12-14-19(15-13-17)16-28-25(32)18(2)34-27-29-22-11-7-6-10-21(22)24-30-23(26(33)31(24)27)20-8-4-3-5-9-20/h3-15,18,23H,16H2,1-2H3,(H,28,32)/t18-,23-/m0/s1. The van der Waals surface area contributed by atoms with Crippen molar-refractivity contribution in [3.8, 4) is 0 Å². The highest BCUT2D eigenvalue weighted by molar-refractivity contribution is 8.15. The van der Waals surface area contributed by atoms with Crippen LogP contribution in [0, 0.1) is 6.92 Å². The molecule has 2 heterocycles. The number of hydrogen-bond acceptors (Lipinski definition) is 5. The van der Waals surface area contributed by atoms with Crippen LogP contribution in [0.5, 0.6) is 0 Å². The molecule has 1 N–H and O–H groups in total. The zero-order chi connectivity index (χ0) is 23.7.